The minimum absolute atomic E-state index is 0.0877. The van der Waals surface area contributed by atoms with Gasteiger partial charge in [-0.15, -0.1) is 0 Å². The third kappa shape index (κ3) is 18.7. The van der Waals surface area contributed by atoms with Crippen molar-refractivity contribution >= 4 is 0 Å². The molecule has 48 heavy (non-hydrogen) atoms. The summed E-state index contributed by atoms with van der Waals surface area (Å²) in [7, 11) is 0. The molecule has 0 spiro atoms. The maximum Gasteiger partial charge on any atom is 0.157 e. The van der Waals surface area contributed by atoms with Crippen LogP contribution in [0.25, 0.3) is 0 Å². The lowest BCUT2D eigenvalue weighted by molar-refractivity contribution is -0.169. The monoisotopic (exact) mass is 684 g/mol. The molecular weight excluding hydrogens is 624 g/mol. The van der Waals surface area contributed by atoms with Gasteiger partial charge in [0, 0.05) is 19.8 Å². The summed E-state index contributed by atoms with van der Waals surface area (Å²) >= 11 is 0. The van der Waals surface area contributed by atoms with E-state index in [4.69, 9.17) is 56.8 Å². The SMILES string of the molecule is c1c(COCCOCCOC2CCCCO2)cc(COCCOCCOC2CCCCO2)cc1COCCOCCOC1CCCCO1. The van der Waals surface area contributed by atoms with Gasteiger partial charge >= 0.3 is 0 Å². The van der Waals surface area contributed by atoms with E-state index >= 15 is 0 Å². The molecule has 0 radical (unpaired) electrons. The highest BCUT2D eigenvalue weighted by molar-refractivity contribution is 5.29. The zero-order valence-corrected chi connectivity index (χ0v) is 29.0. The van der Waals surface area contributed by atoms with E-state index < -0.39 is 0 Å². The lowest BCUT2D eigenvalue weighted by Crippen LogP contribution is -2.24. The Hall–Kier alpha value is -1.26. The summed E-state index contributed by atoms with van der Waals surface area (Å²) in [4.78, 5) is 0. The molecule has 0 amide bonds. The van der Waals surface area contributed by atoms with Gasteiger partial charge in [0.05, 0.1) is 99.1 Å². The molecule has 0 bridgehead atoms. The second-order valence-corrected chi connectivity index (χ2v) is 12.2. The molecule has 1 aromatic carbocycles. The lowest BCUT2D eigenvalue weighted by Gasteiger charge is -2.22. The van der Waals surface area contributed by atoms with Crippen LogP contribution in [0.5, 0.6) is 0 Å². The molecule has 3 aliphatic heterocycles. The van der Waals surface area contributed by atoms with Crippen molar-refractivity contribution in [2.75, 3.05) is 99.1 Å². The van der Waals surface area contributed by atoms with Gasteiger partial charge < -0.3 is 56.8 Å². The fourth-order valence-electron chi connectivity index (χ4n) is 5.56. The Morgan fingerprint density at radius 3 is 0.958 bits per heavy atom. The van der Waals surface area contributed by atoms with Crippen LogP contribution in [0.3, 0.4) is 0 Å². The molecule has 276 valence electrons. The lowest BCUT2D eigenvalue weighted by atomic mass is 10.1. The zero-order chi connectivity index (χ0) is 33.2. The maximum absolute atomic E-state index is 5.92. The number of rotatable bonds is 27. The van der Waals surface area contributed by atoms with Crippen LogP contribution in [0, 0.1) is 0 Å². The second-order valence-electron chi connectivity index (χ2n) is 12.2. The second kappa shape index (κ2) is 26.5. The van der Waals surface area contributed by atoms with Crippen molar-refractivity contribution in [3.8, 4) is 0 Å². The molecule has 3 atom stereocenters. The van der Waals surface area contributed by atoms with Crippen LogP contribution in [-0.4, -0.2) is 118 Å². The average molecular weight is 685 g/mol. The van der Waals surface area contributed by atoms with Crippen molar-refractivity contribution in [1.29, 1.82) is 0 Å². The first-order valence-corrected chi connectivity index (χ1v) is 18.1. The first-order valence-electron chi connectivity index (χ1n) is 18.1. The molecule has 1 aromatic rings. The number of hydrogen-bond donors (Lipinski definition) is 0. The van der Waals surface area contributed by atoms with E-state index in [1.807, 2.05) is 0 Å². The summed E-state index contributed by atoms with van der Waals surface area (Å²) < 4.78 is 68.7. The van der Waals surface area contributed by atoms with E-state index in [0.29, 0.717) is 99.1 Å². The Labute approximate surface area is 287 Å². The topological polar surface area (TPSA) is 111 Å². The third-order valence-corrected chi connectivity index (χ3v) is 8.04. The van der Waals surface area contributed by atoms with Gasteiger partial charge in [0.15, 0.2) is 18.9 Å². The fourth-order valence-corrected chi connectivity index (χ4v) is 5.56. The van der Waals surface area contributed by atoms with E-state index in [9.17, 15) is 0 Å². The quantitative estimate of drug-likeness (QED) is 0.117. The summed E-state index contributed by atoms with van der Waals surface area (Å²) in [6.45, 7) is 9.90. The first-order chi connectivity index (χ1) is 23.8. The van der Waals surface area contributed by atoms with Crippen molar-refractivity contribution in [2.24, 2.45) is 0 Å². The van der Waals surface area contributed by atoms with Gasteiger partial charge in [-0.05, 0) is 74.5 Å². The zero-order valence-electron chi connectivity index (χ0n) is 29.0. The van der Waals surface area contributed by atoms with Crippen LogP contribution in [0.2, 0.25) is 0 Å². The van der Waals surface area contributed by atoms with Gasteiger partial charge in [-0.1, -0.05) is 18.2 Å². The van der Waals surface area contributed by atoms with Crippen molar-refractivity contribution in [2.45, 2.75) is 96.5 Å². The predicted molar refractivity (Wildman–Crippen MR) is 176 cm³/mol. The fraction of sp³-hybridized carbons (Fsp3) is 0.833. The maximum atomic E-state index is 5.92. The van der Waals surface area contributed by atoms with E-state index in [2.05, 4.69) is 18.2 Å². The molecule has 0 saturated carbocycles. The number of hydrogen-bond acceptors (Lipinski definition) is 12. The molecule has 3 fully saturated rings. The van der Waals surface area contributed by atoms with E-state index in [-0.39, 0.29) is 18.9 Å². The highest BCUT2D eigenvalue weighted by Crippen LogP contribution is 2.16. The normalized spacial score (nSPS) is 21.9. The Balaban J connectivity index is 1.08. The Kier molecular flexibility index (Phi) is 21.8. The third-order valence-electron chi connectivity index (χ3n) is 8.04. The van der Waals surface area contributed by atoms with Crippen LogP contribution in [-0.2, 0) is 76.7 Å². The van der Waals surface area contributed by atoms with Gasteiger partial charge in [-0.3, -0.25) is 0 Å². The largest absolute Gasteiger partial charge is 0.377 e. The first kappa shape index (κ1) is 39.5. The predicted octanol–water partition coefficient (Wildman–Crippen LogP) is 4.92. The van der Waals surface area contributed by atoms with E-state index in [1.54, 1.807) is 0 Å². The Morgan fingerprint density at radius 2 is 0.667 bits per heavy atom. The molecule has 3 saturated heterocycles. The van der Waals surface area contributed by atoms with Crippen molar-refractivity contribution < 1.29 is 56.8 Å². The van der Waals surface area contributed by atoms with Crippen molar-refractivity contribution in [1.82, 2.24) is 0 Å². The standard InChI is InChI=1S/C36H60O12/c1-4-10-43-34(7-1)46-22-19-37-13-16-40-28-31-25-32(29-41-17-14-38-20-23-47-35-8-2-5-11-44-35)27-33(26-31)30-42-18-15-39-21-24-48-36-9-3-6-12-45-36/h25-27,34-36H,1-24,28-30H2. The summed E-state index contributed by atoms with van der Waals surface area (Å²) in [5.74, 6) is 0. The van der Waals surface area contributed by atoms with Gasteiger partial charge in [0.25, 0.3) is 0 Å². The molecule has 0 N–H and O–H groups in total. The average Bonchev–Trinajstić information content (AvgIpc) is 3.13. The molecule has 4 rings (SSSR count). The Morgan fingerprint density at radius 1 is 0.375 bits per heavy atom. The van der Waals surface area contributed by atoms with Crippen LogP contribution < -0.4 is 0 Å². The summed E-state index contributed by atoms with van der Waals surface area (Å²) in [6, 6.07) is 6.33. The summed E-state index contributed by atoms with van der Waals surface area (Å²) in [5.41, 5.74) is 3.18. The van der Waals surface area contributed by atoms with Gasteiger partial charge in [-0.2, -0.15) is 0 Å². The highest BCUT2D eigenvalue weighted by atomic mass is 16.7. The van der Waals surface area contributed by atoms with Crippen LogP contribution in [0.15, 0.2) is 18.2 Å². The molecule has 0 aliphatic carbocycles. The van der Waals surface area contributed by atoms with Gasteiger partial charge in [-0.25, -0.2) is 0 Å². The molecule has 3 aliphatic rings. The van der Waals surface area contributed by atoms with Gasteiger partial charge in [0.1, 0.15) is 0 Å². The van der Waals surface area contributed by atoms with Crippen molar-refractivity contribution in [3.63, 3.8) is 0 Å². The molecule has 3 unspecified atom stereocenters. The Bertz CT molecular complexity index is 776. The van der Waals surface area contributed by atoms with Gasteiger partial charge in [0.2, 0.25) is 0 Å². The van der Waals surface area contributed by atoms with E-state index in [1.165, 1.54) is 0 Å². The highest BCUT2D eigenvalue weighted by Gasteiger charge is 2.15. The molecule has 12 heteroatoms. The summed E-state index contributed by atoms with van der Waals surface area (Å²) in [6.07, 6.45) is 9.42. The number of ether oxygens (including phenoxy) is 12. The van der Waals surface area contributed by atoms with Crippen LogP contribution >= 0.6 is 0 Å². The molecule has 12 nitrogen and oxygen atoms in total. The minimum atomic E-state index is -0.0877. The van der Waals surface area contributed by atoms with Crippen LogP contribution in [0.1, 0.15) is 74.5 Å². The van der Waals surface area contributed by atoms with Crippen molar-refractivity contribution in [3.05, 3.63) is 34.9 Å². The minimum Gasteiger partial charge on any atom is -0.377 e. The number of benzene rings is 1. The molecular formula is C36H60O12. The van der Waals surface area contributed by atoms with Crippen LogP contribution in [0.4, 0.5) is 0 Å². The molecule has 0 aromatic heterocycles. The molecule has 3 heterocycles. The smallest absolute Gasteiger partial charge is 0.157 e. The van der Waals surface area contributed by atoms with E-state index in [0.717, 1.165) is 94.3 Å². The summed E-state index contributed by atoms with van der Waals surface area (Å²) in [5, 5.41) is 0.